The summed E-state index contributed by atoms with van der Waals surface area (Å²) in [6, 6.07) is 16.2. The maximum Gasteiger partial charge on any atom is 0.179 e. The second-order valence-corrected chi connectivity index (χ2v) is 7.01. The summed E-state index contributed by atoms with van der Waals surface area (Å²) in [5, 5.41) is 20.2. The molecule has 1 unspecified atom stereocenters. The van der Waals surface area contributed by atoms with Crippen molar-refractivity contribution in [2.45, 2.75) is 37.8 Å². The summed E-state index contributed by atoms with van der Waals surface area (Å²) in [6.45, 7) is 3.32. The lowest BCUT2D eigenvalue weighted by atomic mass is 9.84. The van der Waals surface area contributed by atoms with E-state index in [0.29, 0.717) is 37.9 Å². The number of phenolic OH excluding ortho intramolecular Hbond substituents is 1. The number of carbonyl (C=O) groups excluding carboxylic acids is 1. The van der Waals surface area contributed by atoms with Crippen LogP contribution in [0.3, 0.4) is 0 Å². The van der Waals surface area contributed by atoms with Crippen LogP contribution in [0.4, 0.5) is 0 Å². The van der Waals surface area contributed by atoms with E-state index in [2.05, 4.69) is 4.90 Å². The molecular weight excluding hydrogens is 314 g/mol. The zero-order valence-electron chi connectivity index (χ0n) is 14.6. The molecular formula is C21H25NO3. The number of benzene rings is 2. The predicted octanol–water partition coefficient (Wildman–Crippen LogP) is 3.03. The molecule has 1 atom stereocenters. The number of carbonyl (C=O) groups is 1. The molecule has 132 valence electrons. The molecule has 2 aromatic carbocycles. The molecule has 1 aliphatic heterocycles. The Morgan fingerprint density at radius 1 is 1.08 bits per heavy atom. The number of hydrogen-bond acceptors (Lipinski definition) is 4. The van der Waals surface area contributed by atoms with Crippen LogP contribution >= 0.6 is 0 Å². The van der Waals surface area contributed by atoms with Crippen LogP contribution in [-0.4, -0.2) is 45.6 Å². The van der Waals surface area contributed by atoms with Crippen LogP contribution in [0, 0.1) is 0 Å². The van der Waals surface area contributed by atoms with Gasteiger partial charge in [0.1, 0.15) is 5.75 Å². The van der Waals surface area contributed by atoms with E-state index in [9.17, 15) is 15.0 Å². The van der Waals surface area contributed by atoms with Crippen LogP contribution in [0.1, 0.15) is 35.7 Å². The first kappa shape index (κ1) is 17.6. The van der Waals surface area contributed by atoms with E-state index in [1.54, 1.807) is 12.1 Å². The highest BCUT2D eigenvalue weighted by molar-refractivity contribution is 5.99. The van der Waals surface area contributed by atoms with Crippen LogP contribution < -0.4 is 0 Å². The Kier molecular flexibility index (Phi) is 5.21. The molecule has 2 N–H and O–H groups in total. The Labute approximate surface area is 148 Å². The van der Waals surface area contributed by atoms with Gasteiger partial charge in [0.2, 0.25) is 0 Å². The minimum absolute atomic E-state index is 0.0495. The molecule has 2 aromatic rings. The fourth-order valence-corrected chi connectivity index (χ4v) is 3.51. The Bertz CT molecular complexity index is 704. The van der Waals surface area contributed by atoms with Gasteiger partial charge in [-0.15, -0.1) is 0 Å². The minimum Gasteiger partial charge on any atom is -0.508 e. The van der Waals surface area contributed by atoms with Crippen molar-refractivity contribution in [3.05, 3.63) is 65.7 Å². The number of piperidine rings is 1. The van der Waals surface area contributed by atoms with Gasteiger partial charge in [-0.05, 0) is 49.6 Å². The SMILES string of the molecule is CC(C(=O)c1ccc(O)cc1)N1CCC(O)(Cc2ccccc2)CC1. The highest BCUT2D eigenvalue weighted by Crippen LogP contribution is 2.28. The van der Waals surface area contributed by atoms with Crippen LogP contribution in [0.25, 0.3) is 0 Å². The fraction of sp³-hybridized carbons (Fsp3) is 0.381. The van der Waals surface area contributed by atoms with E-state index in [1.807, 2.05) is 37.3 Å². The van der Waals surface area contributed by atoms with Gasteiger partial charge in [0, 0.05) is 25.1 Å². The highest BCUT2D eigenvalue weighted by atomic mass is 16.3. The molecule has 0 spiro atoms. The van der Waals surface area contributed by atoms with Crippen molar-refractivity contribution in [1.82, 2.24) is 4.90 Å². The average Bonchev–Trinajstić information content (AvgIpc) is 2.62. The lowest BCUT2D eigenvalue weighted by Gasteiger charge is -2.40. The predicted molar refractivity (Wildman–Crippen MR) is 97.8 cm³/mol. The molecule has 4 nitrogen and oxygen atoms in total. The number of aliphatic hydroxyl groups is 1. The summed E-state index contributed by atoms with van der Waals surface area (Å²) in [4.78, 5) is 14.8. The molecule has 25 heavy (non-hydrogen) atoms. The Hall–Kier alpha value is -2.17. The number of aromatic hydroxyl groups is 1. The number of hydrogen-bond donors (Lipinski definition) is 2. The smallest absolute Gasteiger partial charge is 0.179 e. The summed E-state index contributed by atoms with van der Waals surface area (Å²) >= 11 is 0. The van der Waals surface area contributed by atoms with Crippen molar-refractivity contribution in [2.75, 3.05) is 13.1 Å². The average molecular weight is 339 g/mol. The van der Waals surface area contributed by atoms with Crippen LogP contribution in [0.15, 0.2) is 54.6 Å². The van der Waals surface area contributed by atoms with Crippen LogP contribution in [0.5, 0.6) is 5.75 Å². The quantitative estimate of drug-likeness (QED) is 0.822. The molecule has 0 saturated carbocycles. The third kappa shape index (κ3) is 4.27. The molecule has 3 rings (SSSR count). The Morgan fingerprint density at radius 2 is 1.68 bits per heavy atom. The molecule has 0 aliphatic carbocycles. The number of likely N-dealkylation sites (tertiary alicyclic amines) is 1. The minimum atomic E-state index is -0.695. The van der Waals surface area contributed by atoms with E-state index >= 15 is 0 Å². The summed E-state index contributed by atoms with van der Waals surface area (Å²) < 4.78 is 0. The Balaban J connectivity index is 1.59. The summed E-state index contributed by atoms with van der Waals surface area (Å²) in [6.07, 6.45) is 1.98. The van der Waals surface area contributed by atoms with E-state index in [1.165, 1.54) is 12.1 Å². The first-order valence-electron chi connectivity index (χ1n) is 8.80. The van der Waals surface area contributed by atoms with Gasteiger partial charge in [0.15, 0.2) is 5.78 Å². The first-order chi connectivity index (χ1) is 12.0. The topological polar surface area (TPSA) is 60.8 Å². The monoisotopic (exact) mass is 339 g/mol. The number of ketones is 1. The molecule has 0 aromatic heterocycles. The number of phenols is 1. The third-order valence-electron chi connectivity index (χ3n) is 5.18. The highest BCUT2D eigenvalue weighted by Gasteiger charge is 2.35. The fourth-order valence-electron chi connectivity index (χ4n) is 3.51. The van der Waals surface area contributed by atoms with Crippen molar-refractivity contribution in [3.8, 4) is 5.75 Å². The second-order valence-electron chi connectivity index (χ2n) is 7.01. The van der Waals surface area contributed by atoms with E-state index in [-0.39, 0.29) is 17.6 Å². The third-order valence-corrected chi connectivity index (χ3v) is 5.18. The van der Waals surface area contributed by atoms with Crippen molar-refractivity contribution in [3.63, 3.8) is 0 Å². The maximum atomic E-state index is 12.6. The maximum absolute atomic E-state index is 12.6. The van der Waals surface area contributed by atoms with E-state index in [0.717, 1.165) is 5.56 Å². The van der Waals surface area contributed by atoms with Gasteiger partial charge in [-0.3, -0.25) is 9.69 Å². The number of nitrogens with zero attached hydrogens (tertiary/aromatic N) is 1. The lowest BCUT2D eigenvalue weighted by Crippen LogP contribution is -2.50. The lowest BCUT2D eigenvalue weighted by molar-refractivity contribution is -0.0267. The van der Waals surface area contributed by atoms with Crippen molar-refractivity contribution >= 4 is 5.78 Å². The molecule has 0 bridgehead atoms. The normalized spacial score (nSPS) is 18.6. The molecule has 0 radical (unpaired) electrons. The van der Waals surface area contributed by atoms with Crippen LogP contribution in [-0.2, 0) is 6.42 Å². The molecule has 1 saturated heterocycles. The first-order valence-corrected chi connectivity index (χ1v) is 8.80. The molecule has 0 amide bonds. The van der Waals surface area contributed by atoms with Crippen molar-refractivity contribution in [1.29, 1.82) is 0 Å². The van der Waals surface area contributed by atoms with Crippen molar-refractivity contribution in [2.24, 2.45) is 0 Å². The standard InChI is InChI=1S/C21H25NO3/c1-16(20(24)18-7-9-19(23)10-8-18)22-13-11-21(25,12-14-22)15-17-5-3-2-4-6-17/h2-10,16,23,25H,11-15H2,1H3. The summed E-state index contributed by atoms with van der Waals surface area (Å²) in [5.41, 5.74) is 1.06. The molecule has 1 fully saturated rings. The zero-order valence-corrected chi connectivity index (χ0v) is 14.6. The Morgan fingerprint density at radius 3 is 2.28 bits per heavy atom. The van der Waals surface area contributed by atoms with Gasteiger partial charge in [0.25, 0.3) is 0 Å². The van der Waals surface area contributed by atoms with Crippen LogP contribution in [0.2, 0.25) is 0 Å². The second kappa shape index (κ2) is 7.38. The molecule has 1 heterocycles. The van der Waals surface area contributed by atoms with Gasteiger partial charge in [0.05, 0.1) is 11.6 Å². The van der Waals surface area contributed by atoms with Gasteiger partial charge < -0.3 is 10.2 Å². The van der Waals surface area contributed by atoms with E-state index in [4.69, 9.17) is 0 Å². The van der Waals surface area contributed by atoms with Gasteiger partial charge in [-0.25, -0.2) is 0 Å². The number of rotatable bonds is 5. The number of Topliss-reactive ketones (excluding diaryl/α,β-unsaturated/α-hetero) is 1. The van der Waals surface area contributed by atoms with Gasteiger partial charge >= 0.3 is 0 Å². The summed E-state index contributed by atoms with van der Waals surface area (Å²) in [5.74, 6) is 0.210. The molecule has 1 aliphatic rings. The van der Waals surface area contributed by atoms with Crippen molar-refractivity contribution < 1.29 is 15.0 Å². The van der Waals surface area contributed by atoms with E-state index < -0.39 is 5.60 Å². The summed E-state index contributed by atoms with van der Waals surface area (Å²) in [7, 11) is 0. The largest absolute Gasteiger partial charge is 0.508 e. The van der Waals surface area contributed by atoms with Gasteiger partial charge in [-0.2, -0.15) is 0 Å². The van der Waals surface area contributed by atoms with Gasteiger partial charge in [-0.1, -0.05) is 30.3 Å². The zero-order chi connectivity index (χ0) is 17.9. The molecule has 4 heteroatoms.